The normalized spacial score (nSPS) is 22.1. The van der Waals surface area contributed by atoms with Crippen LogP contribution in [0.1, 0.15) is 26.2 Å². The molecule has 2 aliphatic rings. The minimum Gasteiger partial charge on any atom is -0.497 e. The first-order valence-corrected chi connectivity index (χ1v) is 8.98. The van der Waals surface area contributed by atoms with Gasteiger partial charge in [0, 0.05) is 37.8 Å². The molecular weight excluding hydrogens is 354 g/mol. The molecular formula is C19H28ClN3O3. The number of hydrogen-bond donors (Lipinski definition) is 1. The van der Waals surface area contributed by atoms with Gasteiger partial charge >= 0.3 is 0 Å². The average Bonchev–Trinajstić information content (AvgIpc) is 3.03. The van der Waals surface area contributed by atoms with Gasteiger partial charge in [-0.3, -0.25) is 9.59 Å². The summed E-state index contributed by atoms with van der Waals surface area (Å²) in [6.07, 6.45) is 2.19. The lowest BCUT2D eigenvalue weighted by atomic mass is 9.90. The van der Waals surface area contributed by atoms with Crippen LogP contribution in [0.4, 0.5) is 5.69 Å². The van der Waals surface area contributed by atoms with E-state index >= 15 is 0 Å². The highest BCUT2D eigenvalue weighted by Crippen LogP contribution is 2.29. The van der Waals surface area contributed by atoms with E-state index in [1.54, 1.807) is 12.0 Å². The summed E-state index contributed by atoms with van der Waals surface area (Å²) in [5.41, 5.74) is 6.79. The van der Waals surface area contributed by atoms with E-state index < -0.39 is 0 Å². The number of anilines is 1. The van der Waals surface area contributed by atoms with Crippen LogP contribution in [0.15, 0.2) is 24.3 Å². The summed E-state index contributed by atoms with van der Waals surface area (Å²) in [7, 11) is 1.61. The maximum absolute atomic E-state index is 12.8. The lowest BCUT2D eigenvalue weighted by Crippen LogP contribution is -2.45. The van der Waals surface area contributed by atoms with Crippen LogP contribution in [-0.4, -0.2) is 49.5 Å². The molecule has 0 radical (unpaired) electrons. The van der Waals surface area contributed by atoms with E-state index in [1.165, 1.54) is 0 Å². The summed E-state index contributed by atoms with van der Waals surface area (Å²) in [6, 6.07) is 7.55. The van der Waals surface area contributed by atoms with Gasteiger partial charge in [0.2, 0.25) is 11.8 Å². The average molecular weight is 382 g/mol. The highest BCUT2D eigenvalue weighted by atomic mass is 35.5. The molecule has 1 aromatic carbocycles. The number of piperidine rings is 1. The number of carbonyl (C=O) groups excluding carboxylic acids is 2. The van der Waals surface area contributed by atoms with Crippen molar-refractivity contribution in [3.05, 3.63) is 24.3 Å². The van der Waals surface area contributed by atoms with Crippen LogP contribution in [0, 0.1) is 11.8 Å². The van der Waals surface area contributed by atoms with E-state index in [0.29, 0.717) is 12.5 Å². The monoisotopic (exact) mass is 381 g/mol. The third-order valence-electron chi connectivity index (χ3n) is 5.45. The molecule has 0 spiro atoms. The van der Waals surface area contributed by atoms with Gasteiger partial charge in [0.1, 0.15) is 5.75 Å². The molecule has 2 N–H and O–H groups in total. The first kappa shape index (κ1) is 20.5. The van der Waals surface area contributed by atoms with Crippen LogP contribution in [0.3, 0.4) is 0 Å². The molecule has 0 saturated carbocycles. The highest BCUT2D eigenvalue weighted by Gasteiger charge is 2.38. The van der Waals surface area contributed by atoms with Gasteiger partial charge in [-0.1, -0.05) is 0 Å². The van der Waals surface area contributed by atoms with Crippen molar-refractivity contribution in [3.63, 3.8) is 0 Å². The van der Waals surface area contributed by atoms with Crippen molar-refractivity contribution in [1.29, 1.82) is 0 Å². The number of methoxy groups -OCH3 is 1. The molecule has 0 aliphatic carbocycles. The van der Waals surface area contributed by atoms with Crippen molar-refractivity contribution in [2.24, 2.45) is 17.6 Å². The Morgan fingerprint density at radius 2 is 1.85 bits per heavy atom. The molecule has 144 valence electrons. The summed E-state index contributed by atoms with van der Waals surface area (Å²) in [5.74, 6) is 1.10. The Balaban J connectivity index is 0.00000243. The van der Waals surface area contributed by atoms with Crippen LogP contribution < -0.4 is 15.4 Å². The van der Waals surface area contributed by atoms with E-state index in [0.717, 1.165) is 37.4 Å². The fourth-order valence-electron chi connectivity index (χ4n) is 3.79. The molecule has 2 atom stereocenters. The number of halogens is 1. The molecule has 2 saturated heterocycles. The minimum atomic E-state index is -0.249. The second-order valence-corrected chi connectivity index (χ2v) is 7.13. The van der Waals surface area contributed by atoms with Crippen LogP contribution in [0.25, 0.3) is 0 Å². The molecule has 6 nitrogen and oxygen atoms in total. The van der Waals surface area contributed by atoms with Crippen molar-refractivity contribution >= 4 is 29.9 Å². The molecule has 0 bridgehead atoms. The van der Waals surface area contributed by atoms with Gasteiger partial charge in [0.15, 0.2) is 0 Å². The van der Waals surface area contributed by atoms with Crippen LogP contribution in [0.5, 0.6) is 5.75 Å². The molecule has 2 unspecified atom stereocenters. The molecule has 26 heavy (non-hydrogen) atoms. The zero-order chi connectivity index (χ0) is 18.0. The predicted octanol–water partition coefficient (Wildman–Crippen LogP) is 2.06. The summed E-state index contributed by atoms with van der Waals surface area (Å²) in [5, 5.41) is 0. The first-order chi connectivity index (χ1) is 12.0. The van der Waals surface area contributed by atoms with Gasteiger partial charge in [-0.2, -0.15) is 0 Å². The van der Waals surface area contributed by atoms with Gasteiger partial charge in [-0.25, -0.2) is 0 Å². The number of ether oxygens (including phenoxy) is 1. The molecule has 2 heterocycles. The Hall–Kier alpha value is -1.79. The maximum Gasteiger partial charge on any atom is 0.228 e. The Morgan fingerprint density at radius 3 is 2.38 bits per heavy atom. The maximum atomic E-state index is 12.8. The van der Waals surface area contributed by atoms with Crippen molar-refractivity contribution in [3.8, 4) is 5.75 Å². The number of carbonyl (C=O) groups is 2. The summed E-state index contributed by atoms with van der Waals surface area (Å²) < 4.78 is 5.15. The number of rotatable bonds is 4. The van der Waals surface area contributed by atoms with Gasteiger partial charge in [-0.05, 0) is 49.9 Å². The van der Waals surface area contributed by atoms with Crippen molar-refractivity contribution in [2.45, 2.75) is 32.2 Å². The van der Waals surface area contributed by atoms with Gasteiger partial charge in [0.05, 0.1) is 13.0 Å². The summed E-state index contributed by atoms with van der Waals surface area (Å²) in [4.78, 5) is 28.8. The number of amides is 2. The number of hydrogen-bond acceptors (Lipinski definition) is 4. The molecule has 1 aromatic rings. The van der Waals surface area contributed by atoms with E-state index in [9.17, 15) is 9.59 Å². The van der Waals surface area contributed by atoms with Gasteiger partial charge in [-0.15, -0.1) is 12.4 Å². The van der Waals surface area contributed by atoms with Crippen molar-refractivity contribution in [1.82, 2.24) is 4.90 Å². The second-order valence-electron chi connectivity index (χ2n) is 7.13. The Kier molecular flexibility index (Phi) is 6.89. The smallest absolute Gasteiger partial charge is 0.228 e. The van der Waals surface area contributed by atoms with E-state index in [2.05, 4.69) is 0 Å². The summed E-state index contributed by atoms with van der Waals surface area (Å²) in [6.45, 7) is 3.98. The molecule has 7 heteroatoms. The molecule has 3 rings (SSSR count). The van der Waals surface area contributed by atoms with E-state index in [4.69, 9.17) is 10.5 Å². The fraction of sp³-hybridized carbons (Fsp3) is 0.579. The molecule has 0 aromatic heterocycles. The van der Waals surface area contributed by atoms with E-state index in [1.807, 2.05) is 36.1 Å². The zero-order valence-electron chi connectivity index (χ0n) is 15.4. The number of benzene rings is 1. The fourth-order valence-corrected chi connectivity index (χ4v) is 3.79. The second kappa shape index (κ2) is 8.73. The van der Waals surface area contributed by atoms with Crippen LogP contribution >= 0.6 is 12.4 Å². The van der Waals surface area contributed by atoms with Gasteiger partial charge in [0.25, 0.3) is 0 Å². The van der Waals surface area contributed by atoms with Crippen molar-refractivity contribution < 1.29 is 14.3 Å². The predicted molar refractivity (Wildman–Crippen MR) is 104 cm³/mol. The SMILES string of the molecule is COc1ccc(N2CC(C(=O)N3CCC(C(C)N)CC3)CC2=O)cc1.Cl. The highest BCUT2D eigenvalue weighted by molar-refractivity contribution is 6.00. The first-order valence-electron chi connectivity index (χ1n) is 8.98. The third-order valence-corrected chi connectivity index (χ3v) is 5.45. The quantitative estimate of drug-likeness (QED) is 0.866. The summed E-state index contributed by atoms with van der Waals surface area (Å²) >= 11 is 0. The van der Waals surface area contributed by atoms with E-state index in [-0.39, 0.29) is 42.6 Å². The minimum absolute atomic E-state index is 0. The molecule has 2 amide bonds. The largest absolute Gasteiger partial charge is 0.497 e. The van der Waals surface area contributed by atoms with Gasteiger partial charge < -0.3 is 20.3 Å². The molecule has 2 fully saturated rings. The van der Waals surface area contributed by atoms with Crippen molar-refractivity contribution in [2.75, 3.05) is 31.6 Å². The number of nitrogens with two attached hydrogens (primary N) is 1. The molecule has 2 aliphatic heterocycles. The van der Waals surface area contributed by atoms with Crippen LogP contribution in [-0.2, 0) is 9.59 Å². The zero-order valence-corrected chi connectivity index (χ0v) is 16.2. The topological polar surface area (TPSA) is 75.9 Å². The lowest BCUT2D eigenvalue weighted by Gasteiger charge is -2.35. The van der Waals surface area contributed by atoms with Crippen LogP contribution in [0.2, 0.25) is 0 Å². The Labute approximate surface area is 161 Å². The number of nitrogens with zero attached hydrogens (tertiary/aromatic N) is 2. The lowest BCUT2D eigenvalue weighted by molar-refractivity contribution is -0.137. The Bertz CT molecular complexity index is 627. The standard InChI is InChI=1S/C19H27N3O3.ClH/c1-13(20)14-7-9-21(10-8-14)19(24)15-11-18(23)22(12-15)16-3-5-17(25-2)6-4-16;/h3-6,13-15H,7-12,20H2,1-2H3;1H. The third kappa shape index (κ3) is 4.30. The number of likely N-dealkylation sites (tertiary alicyclic amines) is 1. The Morgan fingerprint density at radius 1 is 1.23 bits per heavy atom.